The minimum absolute atomic E-state index is 0.0457. The third-order valence-corrected chi connectivity index (χ3v) is 3.97. The molecular weight excluding hydrogens is 329 g/mol. The molecule has 1 aromatic rings. The molecule has 2 rings (SSSR count). The lowest BCUT2D eigenvalue weighted by Gasteiger charge is -2.33. The zero-order chi connectivity index (χ0) is 14.9. The summed E-state index contributed by atoms with van der Waals surface area (Å²) in [5, 5.41) is 10.5. The zero-order valence-corrected chi connectivity index (χ0v) is 12.8. The standard InChI is InChI=1S/C13H15BrFN3O2/c1-13(9-7-8(14)3-4-10(9)15)11(16)17-12(19)18(13)5-6-20-2/h3-4,7H,5-6H2,1-2H3,(H2,16,17,19). The van der Waals surface area contributed by atoms with Crippen LogP contribution in [0.2, 0.25) is 0 Å². The van der Waals surface area contributed by atoms with E-state index >= 15 is 0 Å². The van der Waals surface area contributed by atoms with Crippen molar-refractivity contribution in [2.75, 3.05) is 20.3 Å². The molecule has 2 N–H and O–H groups in total. The molecule has 1 aromatic carbocycles. The van der Waals surface area contributed by atoms with E-state index in [1.807, 2.05) is 0 Å². The molecule has 1 aliphatic rings. The number of benzene rings is 1. The fourth-order valence-corrected chi connectivity index (χ4v) is 2.65. The van der Waals surface area contributed by atoms with E-state index in [1.165, 1.54) is 18.1 Å². The Kier molecular flexibility index (Phi) is 4.10. The highest BCUT2D eigenvalue weighted by Gasteiger charge is 2.49. The first-order valence-electron chi connectivity index (χ1n) is 6.03. The number of hydrogen-bond donors (Lipinski definition) is 2. The van der Waals surface area contributed by atoms with Crippen molar-refractivity contribution in [1.29, 1.82) is 5.41 Å². The van der Waals surface area contributed by atoms with Gasteiger partial charge in [0.15, 0.2) is 0 Å². The van der Waals surface area contributed by atoms with Gasteiger partial charge in [0.05, 0.1) is 6.61 Å². The summed E-state index contributed by atoms with van der Waals surface area (Å²) in [7, 11) is 1.52. The fourth-order valence-electron chi connectivity index (χ4n) is 2.29. The van der Waals surface area contributed by atoms with Crippen molar-refractivity contribution < 1.29 is 13.9 Å². The molecule has 7 heteroatoms. The Balaban J connectivity index is 2.50. The normalized spacial score (nSPS) is 22.3. The lowest BCUT2D eigenvalue weighted by atomic mass is 9.89. The van der Waals surface area contributed by atoms with Gasteiger partial charge in [0, 0.05) is 23.7 Å². The van der Waals surface area contributed by atoms with E-state index in [-0.39, 0.29) is 17.9 Å². The molecule has 1 aliphatic heterocycles. The second-order valence-corrected chi connectivity index (χ2v) is 5.56. The van der Waals surface area contributed by atoms with Crippen LogP contribution in [0, 0.1) is 11.2 Å². The number of amidine groups is 1. The van der Waals surface area contributed by atoms with Gasteiger partial charge in [-0.15, -0.1) is 0 Å². The lowest BCUT2D eigenvalue weighted by Crippen LogP contribution is -2.46. The largest absolute Gasteiger partial charge is 0.383 e. The maximum atomic E-state index is 14.1. The maximum absolute atomic E-state index is 14.1. The highest BCUT2D eigenvalue weighted by Crippen LogP contribution is 2.35. The molecule has 1 heterocycles. The van der Waals surface area contributed by atoms with E-state index in [1.54, 1.807) is 19.1 Å². The molecule has 20 heavy (non-hydrogen) atoms. The summed E-state index contributed by atoms with van der Waals surface area (Å²) in [5.74, 6) is -0.505. The van der Waals surface area contributed by atoms with E-state index in [0.717, 1.165) is 0 Å². The molecule has 0 aromatic heterocycles. The molecular formula is C13H15BrFN3O2. The van der Waals surface area contributed by atoms with Gasteiger partial charge in [-0.2, -0.15) is 0 Å². The van der Waals surface area contributed by atoms with Crippen LogP contribution in [0.3, 0.4) is 0 Å². The van der Waals surface area contributed by atoms with Crippen molar-refractivity contribution in [2.24, 2.45) is 0 Å². The minimum atomic E-state index is -1.16. The molecule has 5 nitrogen and oxygen atoms in total. The lowest BCUT2D eigenvalue weighted by molar-refractivity contribution is 0.128. The highest BCUT2D eigenvalue weighted by molar-refractivity contribution is 9.10. The monoisotopic (exact) mass is 343 g/mol. The summed E-state index contributed by atoms with van der Waals surface area (Å²) in [6.07, 6.45) is 0. The second kappa shape index (κ2) is 5.49. The van der Waals surface area contributed by atoms with Crippen LogP contribution in [0.4, 0.5) is 9.18 Å². The number of urea groups is 1. The van der Waals surface area contributed by atoms with Crippen LogP contribution in [-0.4, -0.2) is 37.0 Å². The number of rotatable bonds is 4. The van der Waals surface area contributed by atoms with Crippen LogP contribution in [-0.2, 0) is 10.3 Å². The van der Waals surface area contributed by atoms with Crippen molar-refractivity contribution in [2.45, 2.75) is 12.5 Å². The van der Waals surface area contributed by atoms with Crippen molar-refractivity contribution in [1.82, 2.24) is 10.2 Å². The molecule has 2 amide bonds. The Bertz CT molecular complexity index is 567. The molecule has 1 unspecified atom stereocenters. The summed E-state index contributed by atoms with van der Waals surface area (Å²) in [6, 6.07) is 4.06. The van der Waals surface area contributed by atoms with Crippen LogP contribution in [0.5, 0.6) is 0 Å². The van der Waals surface area contributed by atoms with E-state index in [9.17, 15) is 9.18 Å². The average Bonchev–Trinajstić information content (AvgIpc) is 2.62. The maximum Gasteiger partial charge on any atom is 0.324 e. The van der Waals surface area contributed by atoms with Crippen molar-refractivity contribution in [3.63, 3.8) is 0 Å². The number of hydrogen-bond acceptors (Lipinski definition) is 3. The number of ether oxygens (including phenoxy) is 1. The predicted molar refractivity (Wildman–Crippen MR) is 76.3 cm³/mol. The van der Waals surface area contributed by atoms with Gasteiger partial charge in [-0.1, -0.05) is 15.9 Å². The third-order valence-electron chi connectivity index (χ3n) is 3.48. The Hall–Kier alpha value is -1.47. The van der Waals surface area contributed by atoms with Gasteiger partial charge in [0.25, 0.3) is 0 Å². The van der Waals surface area contributed by atoms with Gasteiger partial charge in [-0.3, -0.25) is 10.7 Å². The molecule has 1 saturated heterocycles. The predicted octanol–water partition coefficient (Wildman–Crippen LogP) is 2.45. The Morgan fingerprint density at radius 3 is 2.90 bits per heavy atom. The van der Waals surface area contributed by atoms with E-state index in [0.29, 0.717) is 11.1 Å². The average molecular weight is 344 g/mol. The SMILES string of the molecule is COCCN1C(=O)NC(=N)C1(C)c1cc(Br)ccc1F. The van der Waals surface area contributed by atoms with Gasteiger partial charge in [-0.25, -0.2) is 9.18 Å². The molecule has 0 spiro atoms. The van der Waals surface area contributed by atoms with Crippen LogP contribution < -0.4 is 5.32 Å². The number of carbonyl (C=O) groups excluding carboxylic acids is 1. The molecule has 0 bridgehead atoms. The quantitative estimate of drug-likeness (QED) is 0.881. The first kappa shape index (κ1) is 14.9. The molecule has 0 radical (unpaired) electrons. The van der Waals surface area contributed by atoms with E-state index in [2.05, 4.69) is 21.2 Å². The summed E-state index contributed by atoms with van der Waals surface area (Å²) >= 11 is 3.29. The molecule has 0 aliphatic carbocycles. The molecule has 1 fully saturated rings. The fraction of sp³-hybridized carbons (Fsp3) is 0.385. The van der Waals surface area contributed by atoms with Gasteiger partial charge in [0.2, 0.25) is 0 Å². The molecule has 0 saturated carbocycles. The van der Waals surface area contributed by atoms with Gasteiger partial charge >= 0.3 is 6.03 Å². The number of amides is 2. The minimum Gasteiger partial charge on any atom is -0.383 e. The number of nitrogens with one attached hydrogen (secondary N) is 2. The second-order valence-electron chi connectivity index (χ2n) is 4.65. The number of carbonyl (C=O) groups is 1. The summed E-state index contributed by atoms with van der Waals surface area (Å²) in [5.41, 5.74) is -0.893. The van der Waals surface area contributed by atoms with Crippen molar-refractivity contribution in [3.05, 3.63) is 34.1 Å². The first-order chi connectivity index (χ1) is 9.41. The van der Waals surface area contributed by atoms with E-state index < -0.39 is 17.4 Å². The molecule has 1 atom stereocenters. The Labute approximate surface area is 124 Å². The number of nitrogens with zero attached hydrogens (tertiary/aromatic N) is 1. The summed E-state index contributed by atoms with van der Waals surface area (Å²) in [4.78, 5) is 13.4. The van der Waals surface area contributed by atoms with Crippen LogP contribution in [0.1, 0.15) is 12.5 Å². The van der Waals surface area contributed by atoms with E-state index in [4.69, 9.17) is 10.1 Å². The molecule has 108 valence electrons. The van der Waals surface area contributed by atoms with Gasteiger partial charge in [0.1, 0.15) is 17.2 Å². The van der Waals surface area contributed by atoms with Crippen LogP contribution >= 0.6 is 15.9 Å². The van der Waals surface area contributed by atoms with Gasteiger partial charge in [-0.05, 0) is 25.1 Å². The summed E-state index contributed by atoms with van der Waals surface area (Å²) < 4.78 is 19.8. The third kappa shape index (κ3) is 2.31. The first-order valence-corrected chi connectivity index (χ1v) is 6.82. The van der Waals surface area contributed by atoms with Crippen molar-refractivity contribution in [3.8, 4) is 0 Å². The zero-order valence-electron chi connectivity index (χ0n) is 11.2. The number of methoxy groups -OCH3 is 1. The van der Waals surface area contributed by atoms with Gasteiger partial charge < -0.3 is 9.64 Å². The Morgan fingerprint density at radius 2 is 2.25 bits per heavy atom. The van der Waals surface area contributed by atoms with Crippen LogP contribution in [0.15, 0.2) is 22.7 Å². The van der Waals surface area contributed by atoms with Crippen molar-refractivity contribution >= 4 is 27.8 Å². The number of halogens is 2. The smallest absolute Gasteiger partial charge is 0.324 e. The highest BCUT2D eigenvalue weighted by atomic mass is 79.9. The Morgan fingerprint density at radius 1 is 1.55 bits per heavy atom. The topological polar surface area (TPSA) is 65.4 Å². The summed E-state index contributed by atoms with van der Waals surface area (Å²) in [6.45, 7) is 2.23. The van der Waals surface area contributed by atoms with Crippen LogP contribution in [0.25, 0.3) is 0 Å².